The Morgan fingerprint density at radius 3 is 2.72 bits per heavy atom. The van der Waals surface area contributed by atoms with Crippen molar-refractivity contribution in [2.75, 3.05) is 0 Å². The van der Waals surface area contributed by atoms with E-state index in [1.165, 1.54) is 48.6 Å². The van der Waals surface area contributed by atoms with Crippen molar-refractivity contribution in [1.29, 1.82) is 0 Å². The molecule has 3 rings (SSSR count). The van der Waals surface area contributed by atoms with Crippen LogP contribution in [-0.4, -0.2) is 12.4 Å². The maximum atomic E-state index is 13.0. The molecule has 0 spiro atoms. The molecule has 0 radical (unpaired) electrons. The van der Waals surface area contributed by atoms with Gasteiger partial charge in [-0.05, 0) is 54.6 Å². The number of hydrogen-bond acceptors (Lipinski definition) is 4. The first kappa shape index (κ1) is 20.5. The molecule has 0 aliphatic heterocycles. The summed E-state index contributed by atoms with van der Waals surface area (Å²) in [6.07, 6.45) is 2.69. The molecule has 150 valence electrons. The molecular formula is C21H14ClF3O4. The minimum atomic E-state index is -2.97. The summed E-state index contributed by atoms with van der Waals surface area (Å²) in [6.45, 7) is -2.91. The molecule has 0 unspecified atom stereocenters. The first-order valence-corrected chi connectivity index (χ1v) is 8.72. The summed E-state index contributed by atoms with van der Waals surface area (Å²) in [7, 11) is 0. The van der Waals surface area contributed by atoms with Crippen molar-refractivity contribution in [3.8, 4) is 11.5 Å². The maximum Gasteiger partial charge on any atom is 0.387 e. The van der Waals surface area contributed by atoms with Gasteiger partial charge >= 0.3 is 6.61 Å². The number of ketones is 1. The number of carbonyl (C=O) groups excluding carboxylic acids is 1. The van der Waals surface area contributed by atoms with Crippen LogP contribution in [-0.2, 0) is 6.61 Å². The summed E-state index contributed by atoms with van der Waals surface area (Å²) < 4.78 is 52.8. The highest BCUT2D eigenvalue weighted by molar-refractivity contribution is 6.32. The zero-order valence-electron chi connectivity index (χ0n) is 14.8. The lowest BCUT2D eigenvalue weighted by Crippen LogP contribution is -2.03. The van der Waals surface area contributed by atoms with Gasteiger partial charge in [0, 0.05) is 5.56 Å². The van der Waals surface area contributed by atoms with E-state index in [4.69, 9.17) is 20.8 Å². The highest BCUT2D eigenvalue weighted by Gasteiger charge is 2.09. The Bertz CT molecular complexity index is 1030. The van der Waals surface area contributed by atoms with Crippen LogP contribution in [0.4, 0.5) is 13.2 Å². The van der Waals surface area contributed by atoms with Crippen molar-refractivity contribution in [3.63, 3.8) is 0 Å². The minimum absolute atomic E-state index is 0.0557. The van der Waals surface area contributed by atoms with E-state index in [-0.39, 0.29) is 22.9 Å². The van der Waals surface area contributed by atoms with Crippen LogP contribution >= 0.6 is 11.6 Å². The van der Waals surface area contributed by atoms with Gasteiger partial charge in [-0.15, -0.1) is 0 Å². The first-order valence-electron chi connectivity index (χ1n) is 8.34. The number of alkyl halides is 2. The second-order valence-corrected chi connectivity index (χ2v) is 6.18. The predicted molar refractivity (Wildman–Crippen MR) is 101 cm³/mol. The molecular weight excluding hydrogens is 409 g/mol. The lowest BCUT2D eigenvalue weighted by atomic mass is 10.1. The van der Waals surface area contributed by atoms with Crippen molar-refractivity contribution in [2.24, 2.45) is 0 Å². The van der Waals surface area contributed by atoms with Crippen LogP contribution in [0.25, 0.3) is 6.08 Å². The average molecular weight is 423 g/mol. The summed E-state index contributed by atoms with van der Waals surface area (Å²) in [5.41, 5.74) is 0.195. The van der Waals surface area contributed by atoms with Crippen LogP contribution in [0.5, 0.6) is 11.5 Å². The SMILES string of the molecule is O=C(/C=C/c1ccc(COc2ccc(F)cc2Cl)o1)c1cccc(OC(F)F)c1. The molecule has 0 aliphatic carbocycles. The smallest absolute Gasteiger partial charge is 0.387 e. The third-order valence-corrected chi connectivity index (χ3v) is 3.98. The van der Waals surface area contributed by atoms with E-state index >= 15 is 0 Å². The quantitative estimate of drug-likeness (QED) is 0.323. The standard InChI is InChI=1S/C21H14ClF3O4/c22-18-11-14(23)4-9-20(18)27-12-17-6-5-15(28-17)7-8-19(26)13-2-1-3-16(10-13)29-21(24)25/h1-11,21H,12H2/b8-7+. The van der Waals surface area contributed by atoms with E-state index in [1.54, 1.807) is 12.1 Å². The fourth-order valence-corrected chi connectivity index (χ4v) is 2.60. The van der Waals surface area contributed by atoms with Gasteiger partial charge in [0.15, 0.2) is 5.78 Å². The van der Waals surface area contributed by atoms with Gasteiger partial charge in [0.25, 0.3) is 0 Å². The van der Waals surface area contributed by atoms with Crippen molar-refractivity contribution in [1.82, 2.24) is 0 Å². The largest absolute Gasteiger partial charge is 0.484 e. The van der Waals surface area contributed by atoms with Crippen molar-refractivity contribution >= 4 is 23.5 Å². The van der Waals surface area contributed by atoms with Gasteiger partial charge < -0.3 is 13.9 Å². The summed E-state index contributed by atoms with van der Waals surface area (Å²) >= 11 is 5.89. The number of halogens is 4. The molecule has 2 aromatic carbocycles. The number of allylic oxidation sites excluding steroid dienone is 1. The maximum absolute atomic E-state index is 13.0. The van der Waals surface area contributed by atoms with E-state index < -0.39 is 18.2 Å². The van der Waals surface area contributed by atoms with Gasteiger partial charge in [-0.2, -0.15) is 8.78 Å². The molecule has 8 heteroatoms. The first-order chi connectivity index (χ1) is 13.9. The Hall–Kier alpha value is -3.19. The summed E-state index contributed by atoms with van der Waals surface area (Å²) in [6, 6.07) is 12.5. The summed E-state index contributed by atoms with van der Waals surface area (Å²) in [4.78, 5) is 12.2. The zero-order chi connectivity index (χ0) is 20.8. The zero-order valence-corrected chi connectivity index (χ0v) is 15.5. The fraction of sp³-hybridized carbons (Fsp3) is 0.0952. The molecule has 0 saturated carbocycles. The number of carbonyl (C=O) groups is 1. The van der Waals surface area contributed by atoms with E-state index in [0.29, 0.717) is 17.3 Å². The van der Waals surface area contributed by atoms with Crippen LogP contribution < -0.4 is 9.47 Å². The third-order valence-electron chi connectivity index (χ3n) is 3.69. The van der Waals surface area contributed by atoms with Crippen molar-refractivity contribution in [3.05, 3.63) is 88.6 Å². The fourth-order valence-electron chi connectivity index (χ4n) is 2.38. The van der Waals surface area contributed by atoms with Gasteiger partial charge in [-0.25, -0.2) is 4.39 Å². The molecule has 0 bridgehead atoms. The Labute approximate surface area is 169 Å². The number of benzene rings is 2. The Morgan fingerprint density at radius 2 is 1.97 bits per heavy atom. The molecule has 0 saturated heterocycles. The van der Waals surface area contributed by atoms with Gasteiger partial charge in [0.05, 0.1) is 5.02 Å². The predicted octanol–water partition coefficient (Wildman–Crippen LogP) is 6.15. The summed E-state index contributed by atoms with van der Waals surface area (Å²) in [5.74, 6) is 0.187. The molecule has 4 nitrogen and oxygen atoms in total. The topological polar surface area (TPSA) is 48.7 Å². The van der Waals surface area contributed by atoms with Gasteiger partial charge in [-0.1, -0.05) is 23.7 Å². The van der Waals surface area contributed by atoms with Crippen LogP contribution in [0.15, 0.2) is 65.1 Å². The summed E-state index contributed by atoms with van der Waals surface area (Å²) in [5, 5.41) is 0.139. The normalized spacial score (nSPS) is 11.2. The van der Waals surface area contributed by atoms with E-state index in [1.807, 2.05) is 0 Å². The van der Waals surface area contributed by atoms with Crippen molar-refractivity contribution < 1.29 is 31.9 Å². The molecule has 3 aromatic rings. The van der Waals surface area contributed by atoms with Crippen LogP contribution in [0.1, 0.15) is 21.9 Å². The van der Waals surface area contributed by atoms with E-state index in [2.05, 4.69) is 4.74 Å². The Morgan fingerprint density at radius 1 is 1.14 bits per heavy atom. The number of ether oxygens (including phenoxy) is 2. The van der Waals surface area contributed by atoms with E-state index in [0.717, 1.165) is 6.07 Å². The highest BCUT2D eigenvalue weighted by atomic mass is 35.5. The molecule has 0 aliphatic rings. The molecule has 1 heterocycles. The van der Waals surface area contributed by atoms with Crippen LogP contribution in [0, 0.1) is 5.82 Å². The van der Waals surface area contributed by atoms with Crippen LogP contribution in [0.3, 0.4) is 0 Å². The molecule has 0 amide bonds. The molecule has 29 heavy (non-hydrogen) atoms. The lowest BCUT2D eigenvalue weighted by molar-refractivity contribution is -0.0498. The third kappa shape index (κ3) is 5.89. The molecule has 0 N–H and O–H groups in total. The number of hydrogen-bond donors (Lipinski definition) is 0. The molecule has 0 fully saturated rings. The number of furan rings is 1. The Kier molecular flexibility index (Phi) is 6.61. The monoisotopic (exact) mass is 422 g/mol. The highest BCUT2D eigenvalue weighted by Crippen LogP contribution is 2.26. The molecule has 0 atom stereocenters. The van der Waals surface area contributed by atoms with Crippen LogP contribution in [0.2, 0.25) is 5.02 Å². The Balaban J connectivity index is 1.60. The number of rotatable bonds is 8. The second kappa shape index (κ2) is 9.34. The minimum Gasteiger partial charge on any atom is -0.484 e. The van der Waals surface area contributed by atoms with Gasteiger partial charge in [0.1, 0.15) is 35.4 Å². The van der Waals surface area contributed by atoms with Gasteiger partial charge in [0.2, 0.25) is 0 Å². The van der Waals surface area contributed by atoms with Gasteiger partial charge in [-0.3, -0.25) is 4.79 Å². The molecule has 1 aromatic heterocycles. The van der Waals surface area contributed by atoms with E-state index in [9.17, 15) is 18.0 Å². The lowest BCUT2D eigenvalue weighted by Gasteiger charge is -2.06. The second-order valence-electron chi connectivity index (χ2n) is 5.77. The average Bonchev–Trinajstić information content (AvgIpc) is 3.13. The van der Waals surface area contributed by atoms with Crippen molar-refractivity contribution in [2.45, 2.75) is 13.2 Å².